The van der Waals surface area contributed by atoms with Crippen LogP contribution in [0.3, 0.4) is 0 Å². The zero-order valence-electron chi connectivity index (χ0n) is 7.24. The van der Waals surface area contributed by atoms with Crippen molar-refractivity contribution in [2.75, 3.05) is 7.11 Å². The van der Waals surface area contributed by atoms with Gasteiger partial charge in [0.2, 0.25) is 0 Å². The molecular weight excluding hydrogens is 250 g/mol. The topological polar surface area (TPSA) is 70.3 Å². The van der Waals surface area contributed by atoms with Crippen LogP contribution in [0.4, 0.5) is 0 Å². The van der Waals surface area contributed by atoms with Gasteiger partial charge in [0.25, 0.3) is 0 Å². The summed E-state index contributed by atoms with van der Waals surface area (Å²) < 4.78 is 5.31. The minimum absolute atomic E-state index is 0.0766. The van der Waals surface area contributed by atoms with Crippen molar-refractivity contribution in [3.63, 3.8) is 0 Å². The number of ether oxygens (including phenoxy) is 1. The average Bonchev–Trinajstić information content (AvgIpc) is 2.16. The quantitative estimate of drug-likeness (QED) is 0.878. The highest BCUT2D eigenvalue weighted by molar-refractivity contribution is 9.10. The molecule has 1 rings (SSSR count). The molecule has 0 bridgehead atoms. The Morgan fingerprint density at radius 2 is 2.29 bits per heavy atom. The zero-order valence-corrected chi connectivity index (χ0v) is 8.83. The fourth-order valence-corrected chi connectivity index (χ4v) is 1.51. The molecule has 1 N–H and O–H groups in total. The maximum Gasteiger partial charge on any atom is 0.335 e. The lowest BCUT2D eigenvalue weighted by Gasteiger charge is -2.05. The van der Waals surface area contributed by atoms with Gasteiger partial charge in [-0.2, -0.15) is 5.26 Å². The number of hydrogen-bond acceptors (Lipinski definition) is 3. The number of carboxylic acid groups (broad SMARTS) is 1. The molecule has 0 aromatic heterocycles. The van der Waals surface area contributed by atoms with Gasteiger partial charge in [-0.15, -0.1) is 0 Å². The Kier molecular flexibility index (Phi) is 3.10. The summed E-state index contributed by atoms with van der Waals surface area (Å²) in [5.74, 6) is -0.812. The number of halogens is 1. The van der Waals surface area contributed by atoms with E-state index < -0.39 is 5.97 Å². The van der Waals surface area contributed by atoms with Gasteiger partial charge < -0.3 is 9.84 Å². The Labute approximate surface area is 88.9 Å². The molecule has 0 saturated heterocycles. The molecule has 72 valence electrons. The number of hydrogen-bond donors (Lipinski definition) is 1. The first kappa shape index (κ1) is 10.5. The van der Waals surface area contributed by atoms with Gasteiger partial charge >= 0.3 is 5.97 Å². The first-order valence-corrected chi connectivity index (χ1v) is 4.40. The summed E-state index contributed by atoms with van der Waals surface area (Å²) in [5, 5.41) is 17.5. The Hall–Kier alpha value is -1.54. The van der Waals surface area contributed by atoms with Gasteiger partial charge in [-0.25, -0.2) is 4.79 Å². The molecule has 0 atom stereocenters. The van der Waals surface area contributed by atoms with E-state index in [2.05, 4.69) is 15.9 Å². The first-order chi connectivity index (χ1) is 6.60. The third-order valence-electron chi connectivity index (χ3n) is 1.63. The number of nitriles is 1. The van der Waals surface area contributed by atoms with Gasteiger partial charge in [-0.05, 0) is 28.1 Å². The van der Waals surface area contributed by atoms with E-state index in [4.69, 9.17) is 15.1 Å². The molecule has 0 radical (unpaired) electrons. The predicted octanol–water partition coefficient (Wildman–Crippen LogP) is 2.03. The van der Waals surface area contributed by atoms with E-state index in [9.17, 15) is 4.79 Å². The Bertz CT molecular complexity index is 423. The number of carbonyl (C=O) groups is 1. The van der Waals surface area contributed by atoms with E-state index in [0.717, 1.165) is 0 Å². The zero-order chi connectivity index (χ0) is 10.7. The van der Waals surface area contributed by atoms with Gasteiger partial charge in [-0.1, -0.05) is 0 Å². The van der Waals surface area contributed by atoms with Crippen LogP contribution in [0.15, 0.2) is 16.6 Å². The molecule has 0 unspecified atom stereocenters. The number of methoxy groups -OCH3 is 1. The van der Waals surface area contributed by atoms with Crippen molar-refractivity contribution in [2.45, 2.75) is 0 Å². The van der Waals surface area contributed by atoms with Crippen molar-refractivity contribution < 1.29 is 14.6 Å². The third kappa shape index (κ3) is 1.86. The molecule has 0 amide bonds. The number of benzene rings is 1. The monoisotopic (exact) mass is 255 g/mol. The highest BCUT2D eigenvalue weighted by Gasteiger charge is 2.12. The van der Waals surface area contributed by atoms with Gasteiger partial charge in [-0.3, -0.25) is 0 Å². The lowest BCUT2D eigenvalue weighted by atomic mass is 10.1. The van der Waals surface area contributed by atoms with Crippen LogP contribution in [-0.4, -0.2) is 18.2 Å². The summed E-state index contributed by atoms with van der Waals surface area (Å²) in [5.41, 5.74) is 0.366. The fourth-order valence-electron chi connectivity index (χ4n) is 0.974. The van der Waals surface area contributed by atoms with E-state index >= 15 is 0 Å². The lowest BCUT2D eigenvalue weighted by Crippen LogP contribution is -1.99. The molecule has 4 nitrogen and oxygen atoms in total. The second-order valence-electron chi connectivity index (χ2n) is 2.45. The SMILES string of the molecule is COc1cc(C(=O)O)cc(Br)c1C#N. The molecule has 0 aliphatic heterocycles. The van der Waals surface area contributed by atoms with Crippen LogP contribution < -0.4 is 4.74 Å². The smallest absolute Gasteiger partial charge is 0.335 e. The van der Waals surface area contributed by atoms with Gasteiger partial charge in [0.1, 0.15) is 17.4 Å². The van der Waals surface area contributed by atoms with Crippen LogP contribution in [-0.2, 0) is 0 Å². The molecule has 1 aromatic rings. The maximum absolute atomic E-state index is 10.7. The summed E-state index contributed by atoms with van der Waals surface area (Å²) >= 11 is 3.10. The summed E-state index contributed by atoms with van der Waals surface area (Å²) in [7, 11) is 1.38. The van der Waals surface area contributed by atoms with E-state index in [1.807, 2.05) is 6.07 Å². The van der Waals surface area contributed by atoms with Crippen molar-refractivity contribution in [2.24, 2.45) is 0 Å². The summed E-state index contributed by atoms with van der Waals surface area (Å²) in [6.45, 7) is 0. The normalized spacial score (nSPS) is 9.21. The molecule has 0 heterocycles. The lowest BCUT2D eigenvalue weighted by molar-refractivity contribution is 0.0696. The van der Waals surface area contributed by atoms with Crippen molar-refractivity contribution in [3.05, 3.63) is 27.7 Å². The molecule has 0 aliphatic carbocycles. The highest BCUT2D eigenvalue weighted by atomic mass is 79.9. The molecule has 0 saturated carbocycles. The van der Waals surface area contributed by atoms with Gasteiger partial charge in [0.15, 0.2) is 0 Å². The summed E-state index contributed by atoms with van der Waals surface area (Å²) in [6, 6.07) is 4.59. The number of carboxylic acids is 1. The van der Waals surface area contributed by atoms with Crippen LogP contribution in [0.1, 0.15) is 15.9 Å². The standard InChI is InChI=1S/C9H6BrNO3/c1-14-8-3-5(9(12)13)2-7(10)6(8)4-11/h2-3H,1H3,(H,12,13). The summed E-state index contributed by atoms with van der Waals surface area (Å²) in [4.78, 5) is 10.7. The number of rotatable bonds is 2. The van der Waals surface area contributed by atoms with Crippen LogP contribution in [0.25, 0.3) is 0 Å². The van der Waals surface area contributed by atoms with Crippen LogP contribution >= 0.6 is 15.9 Å². The van der Waals surface area contributed by atoms with Crippen LogP contribution in [0, 0.1) is 11.3 Å². The van der Waals surface area contributed by atoms with Crippen molar-refractivity contribution in [1.29, 1.82) is 5.26 Å². The second-order valence-corrected chi connectivity index (χ2v) is 3.31. The Morgan fingerprint density at radius 1 is 1.64 bits per heavy atom. The second kappa shape index (κ2) is 4.11. The van der Waals surface area contributed by atoms with Crippen molar-refractivity contribution in [3.8, 4) is 11.8 Å². The van der Waals surface area contributed by atoms with Crippen molar-refractivity contribution >= 4 is 21.9 Å². The number of nitrogens with zero attached hydrogens (tertiary/aromatic N) is 1. The maximum atomic E-state index is 10.7. The predicted molar refractivity (Wildman–Crippen MR) is 52.4 cm³/mol. The molecule has 0 spiro atoms. The third-order valence-corrected chi connectivity index (χ3v) is 2.26. The largest absolute Gasteiger partial charge is 0.495 e. The molecule has 0 aliphatic rings. The minimum Gasteiger partial charge on any atom is -0.495 e. The Morgan fingerprint density at radius 3 is 2.71 bits per heavy atom. The molecular formula is C9H6BrNO3. The van der Waals surface area contributed by atoms with Gasteiger partial charge in [0.05, 0.1) is 12.7 Å². The van der Waals surface area contributed by atoms with Crippen LogP contribution in [0.5, 0.6) is 5.75 Å². The molecule has 5 heteroatoms. The highest BCUT2D eigenvalue weighted by Crippen LogP contribution is 2.27. The van der Waals surface area contributed by atoms with Crippen molar-refractivity contribution in [1.82, 2.24) is 0 Å². The number of aromatic carboxylic acids is 1. The van der Waals surface area contributed by atoms with Crippen LogP contribution in [0.2, 0.25) is 0 Å². The molecule has 0 fully saturated rings. The fraction of sp³-hybridized carbons (Fsp3) is 0.111. The average molecular weight is 256 g/mol. The van der Waals surface area contributed by atoms with E-state index in [1.54, 1.807) is 0 Å². The Balaban J connectivity index is 3.40. The van der Waals surface area contributed by atoms with E-state index in [0.29, 0.717) is 4.47 Å². The van der Waals surface area contributed by atoms with Gasteiger partial charge in [0, 0.05) is 4.47 Å². The summed E-state index contributed by atoms with van der Waals surface area (Å²) in [6.07, 6.45) is 0. The minimum atomic E-state index is -1.06. The molecule has 1 aromatic carbocycles. The molecule has 14 heavy (non-hydrogen) atoms. The van der Waals surface area contributed by atoms with E-state index in [-0.39, 0.29) is 16.9 Å². The van der Waals surface area contributed by atoms with E-state index in [1.165, 1.54) is 19.2 Å². The first-order valence-electron chi connectivity index (χ1n) is 3.61.